The minimum absolute atomic E-state index is 0.130. The first-order valence-corrected chi connectivity index (χ1v) is 11.6. The molecule has 3 rings (SSSR count). The summed E-state index contributed by atoms with van der Waals surface area (Å²) in [6.45, 7) is 3.26. The fourth-order valence-electron chi connectivity index (χ4n) is 3.47. The highest BCUT2D eigenvalue weighted by Gasteiger charge is 2.20. The molecule has 0 unspecified atom stereocenters. The normalized spacial score (nSPS) is 14.4. The number of anilines is 2. The number of nitrogens with zero attached hydrogens (tertiary/aromatic N) is 3. The first-order chi connectivity index (χ1) is 15.5. The van der Waals surface area contributed by atoms with Gasteiger partial charge in [-0.1, -0.05) is 18.6 Å². The number of likely N-dealkylation sites (tertiary alicyclic amines) is 1. The smallest absolute Gasteiger partial charge is 0.244 e. The van der Waals surface area contributed by atoms with E-state index >= 15 is 0 Å². The lowest BCUT2D eigenvalue weighted by Gasteiger charge is -2.20. The lowest BCUT2D eigenvalue weighted by Crippen LogP contribution is -2.33. The number of amides is 3. The maximum absolute atomic E-state index is 14.1. The lowest BCUT2D eigenvalue weighted by atomic mass is 10.2. The van der Waals surface area contributed by atoms with Crippen molar-refractivity contribution in [2.24, 2.45) is 0 Å². The highest BCUT2D eigenvalue weighted by atomic mass is 32.1. The molecule has 1 aromatic heterocycles. The monoisotopic (exact) mass is 458 g/mol. The number of halogens is 1. The maximum atomic E-state index is 14.1. The standard InChI is InChI=1S/C23H27FN4O3S/c1-17(29)28(20-9-5-4-8-19(20)24)23-26-18(16-32-23)11-12-21(30)25-13-7-15-27-14-6-2-3-10-22(27)31/h4-5,8-9,11-12,16H,2-3,6-7,10,13-15H2,1H3,(H,25,30)/b12-11+. The van der Waals surface area contributed by atoms with Crippen molar-refractivity contribution in [1.29, 1.82) is 0 Å². The van der Waals surface area contributed by atoms with Crippen LogP contribution in [0.4, 0.5) is 15.2 Å². The summed E-state index contributed by atoms with van der Waals surface area (Å²) in [7, 11) is 0. The number of thiazole rings is 1. The predicted molar refractivity (Wildman–Crippen MR) is 123 cm³/mol. The molecule has 0 spiro atoms. The Bertz CT molecular complexity index is 991. The zero-order chi connectivity index (χ0) is 22.9. The number of carbonyl (C=O) groups excluding carboxylic acids is 3. The number of hydrogen-bond donors (Lipinski definition) is 1. The van der Waals surface area contributed by atoms with E-state index in [0.717, 1.165) is 25.8 Å². The molecule has 32 heavy (non-hydrogen) atoms. The topological polar surface area (TPSA) is 82.6 Å². The molecule has 2 aromatic rings. The van der Waals surface area contributed by atoms with Crippen molar-refractivity contribution in [2.75, 3.05) is 24.5 Å². The average Bonchev–Trinajstić information content (AvgIpc) is 3.13. The van der Waals surface area contributed by atoms with Gasteiger partial charge in [-0.25, -0.2) is 9.37 Å². The van der Waals surface area contributed by atoms with E-state index in [2.05, 4.69) is 10.3 Å². The molecule has 1 fully saturated rings. The molecule has 1 aliphatic heterocycles. The summed E-state index contributed by atoms with van der Waals surface area (Å²) in [4.78, 5) is 43.6. The van der Waals surface area contributed by atoms with Gasteiger partial charge in [-0.2, -0.15) is 0 Å². The fourth-order valence-corrected chi connectivity index (χ4v) is 4.32. The number of hydrogen-bond acceptors (Lipinski definition) is 5. The maximum Gasteiger partial charge on any atom is 0.244 e. The van der Waals surface area contributed by atoms with Crippen molar-refractivity contribution in [3.05, 3.63) is 47.2 Å². The summed E-state index contributed by atoms with van der Waals surface area (Å²) in [6.07, 6.45) is 7.32. The molecule has 0 bridgehead atoms. The number of nitrogens with one attached hydrogen (secondary N) is 1. The molecule has 2 heterocycles. The highest BCUT2D eigenvalue weighted by molar-refractivity contribution is 7.14. The first kappa shape index (κ1) is 23.6. The van der Waals surface area contributed by atoms with Crippen LogP contribution in [0.1, 0.15) is 44.7 Å². The Hall–Kier alpha value is -3.07. The second-order valence-electron chi connectivity index (χ2n) is 7.53. The molecule has 1 aromatic carbocycles. The summed E-state index contributed by atoms with van der Waals surface area (Å²) in [6, 6.07) is 6.00. The molecule has 0 saturated carbocycles. The van der Waals surface area contributed by atoms with Crippen LogP contribution in [0.5, 0.6) is 0 Å². The van der Waals surface area contributed by atoms with Crippen LogP contribution in [0.3, 0.4) is 0 Å². The van der Waals surface area contributed by atoms with Crippen LogP contribution in [0, 0.1) is 5.82 Å². The van der Waals surface area contributed by atoms with Crippen molar-refractivity contribution in [3.8, 4) is 0 Å². The van der Waals surface area contributed by atoms with E-state index < -0.39 is 5.82 Å². The van der Waals surface area contributed by atoms with E-state index in [1.54, 1.807) is 23.6 Å². The Morgan fingerprint density at radius 3 is 2.88 bits per heavy atom. The van der Waals surface area contributed by atoms with Crippen molar-refractivity contribution >= 4 is 46.0 Å². The summed E-state index contributed by atoms with van der Waals surface area (Å²) >= 11 is 1.19. The van der Waals surface area contributed by atoms with Gasteiger partial charge in [-0.3, -0.25) is 19.3 Å². The molecular formula is C23H27FN4O3S. The third-order valence-electron chi connectivity index (χ3n) is 5.09. The molecule has 1 saturated heterocycles. The van der Waals surface area contributed by atoms with Gasteiger partial charge in [0.05, 0.1) is 11.4 Å². The van der Waals surface area contributed by atoms with Crippen LogP contribution in [0.25, 0.3) is 6.08 Å². The Labute approximate surface area is 190 Å². The average molecular weight is 459 g/mol. The van der Waals surface area contributed by atoms with Gasteiger partial charge in [0.25, 0.3) is 0 Å². The third-order valence-corrected chi connectivity index (χ3v) is 5.93. The Morgan fingerprint density at radius 1 is 1.28 bits per heavy atom. The Kier molecular flexibility index (Phi) is 8.49. The summed E-state index contributed by atoms with van der Waals surface area (Å²) in [5, 5.41) is 4.82. The number of para-hydroxylation sites is 1. The SMILES string of the molecule is CC(=O)N(c1nc(/C=C/C(=O)NCCCN2CCCCCC2=O)cs1)c1ccccc1F. The fraction of sp³-hybridized carbons (Fsp3) is 0.391. The van der Waals surface area contributed by atoms with Gasteiger partial charge in [0.1, 0.15) is 5.82 Å². The number of benzene rings is 1. The summed E-state index contributed by atoms with van der Waals surface area (Å²) in [5.41, 5.74) is 0.628. The zero-order valence-electron chi connectivity index (χ0n) is 18.1. The molecule has 1 aliphatic rings. The largest absolute Gasteiger partial charge is 0.352 e. The van der Waals surface area contributed by atoms with E-state index in [-0.39, 0.29) is 23.4 Å². The van der Waals surface area contributed by atoms with Crippen LogP contribution in [-0.2, 0) is 14.4 Å². The van der Waals surface area contributed by atoms with Gasteiger partial charge in [0, 0.05) is 44.4 Å². The quantitative estimate of drug-likeness (QED) is 0.481. The Morgan fingerprint density at radius 2 is 2.09 bits per heavy atom. The first-order valence-electron chi connectivity index (χ1n) is 10.7. The van der Waals surface area contributed by atoms with Crippen LogP contribution >= 0.6 is 11.3 Å². The molecule has 0 aliphatic carbocycles. The summed E-state index contributed by atoms with van der Waals surface area (Å²) < 4.78 is 14.1. The van der Waals surface area contributed by atoms with Crippen molar-refractivity contribution in [2.45, 2.75) is 39.0 Å². The second kappa shape index (κ2) is 11.5. The van der Waals surface area contributed by atoms with E-state index in [1.165, 1.54) is 41.4 Å². The molecule has 1 N–H and O–H groups in total. The van der Waals surface area contributed by atoms with Gasteiger partial charge in [-0.15, -0.1) is 11.3 Å². The van der Waals surface area contributed by atoms with Crippen molar-refractivity contribution in [3.63, 3.8) is 0 Å². The van der Waals surface area contributed by atoms with E-state index in [0.29, 0.717) is 36.8 Å². The molecule has 9 heteroatoms. The molecular weight excluding hydrogens is 431 g/mol. The Balaban J connectivity index is 1.51. The van der Waals surface area contributed by atoms with Gasteiger partial charge < -0.3 is 10.2 Å². The molecule has 0 atom stereocenters. The van der Waals surface area contributed by atoms with Crippen molar-refractivity contribution < 1.29 is 18.8 Å². The van der Waals surface area contributed by atoms with E-state index in [4.69, 9.17) is 0 Å². The molecule has 7 nitrogen and oxygen atoms in total. The van der Waals surface area contributed by atoms with Crippen LogP contribution < -0.4 is 10.2 Å². The van der Waals surface area contributed by atoms with E-state index in [9.17, 15) is 18.8 Å². The number of aromatic nitrogens is 1. The number of carbonyl (C=O) groups is 3. The highest BCUT2D eigenvalue weighted by Crippen LogP contribution is 2.30. The van der Waals surface area contributed by atoms with Crippen LogP contribution in [-0.4, -0.2) is 47.2 Å². The molecule has 3 amide bonds. The van der Waals surface area contributed by atoms with Crippen LogP contribution in [0.15, 0.2) is 35.7 Å². The zero-order valence-corrected chi connectivity index (χ0v) is 18.9. The van der Waals surface area contributed by atoms with Gasteiger partial charge in [0.2, 0.25) is 17.7 Å². The predicted octanol–water partition coefficient (Wildman–Crippen LogP) is 3.89. The van der Waals surface area contributed by atoms with Crippen LogP contribution in [0.2, 0.25) is 0 Å². The number of rotatable bonds is 8. The minimum atomic E-state index is -0.517. The van der Waals surface area contributed by atoms with Gasteiger partial charge in [-0.05, 0) is 37.5 Å². The third kappa shape index (κ3) is 6.46. The summed E-state index contributed by atoms with van der Waals surface area (Å²) in [5.74, 6) is -0.945. The lowest BCUT2D eigenvalue weighted by molar-refractivity contribution is -0.130. The molecule has 0 radical (unpaired) electrons. The second-order valence-corrected chi connectivity index (χ2v) is 8.37. The minimum Gasteiger partial charge on any atom is -0.352 e. The molecule has 170 valence electrons. The van der Waals surface area contributed by atoms with Gasteiger partial charge in [0.15, 0.2) is 5.13 Å². The van der Waals surface area contributed by atoms with Crippen molar-refractivity contribution in [1.82, 2.24) is 15.2 Å². The van der Waals surface area contributed by atoms with E-state index in [1.807, 2.05) is 4.90 Å². The van der Waals surface area contributed by atoms with Gasteiger partial charge >= 0.3 is 0 Å².